The average Bonchev–Trinajstić information content (AvgIpc) is 3.83. The fraction of sp³-hybridized carbons (Fsp3) is 0.731. The van der Waals surface area contributed by atoms with Crippen LogP contribution in [0.5, 0.6) is 0 Å². The van der Waals surface area contributed by atoms with Crippen LogP contribution >= 0.6 is 15.2 Å². The highest BCUT2D eigenvalue weighted by Crippen LogP contribution is 2.60. The minimum atomic E-state index is -4.86. The quantitative estimate of drug-likeness (QED) is 0.119. The highest BCUT2D eigenvalue weighted by atomic mass is 31.2. The molecular weight excluding hydrogens is 732 g/mol. The minimum absolute atomic E-state index is 0.127. The molecule has 25 heteroatoms. The van der Waals surface area contributed by atoms with E-state index in [9.17, 15) is 28.5 Å². The number of aromatic nitrogens is 4. The Labute approximate surface area is 290 Å². The molecule has 0 spiro atoms. The fourth-order valence-electron chi connectivity index (χ4n) is 5.63. The second-order valence-corrected chi connectivity index (χ2v) is 15.2. The SMILES string of the molecule is COC1C(=O)O[C@H](CO)[C@@H]1OC.COC1C(=O)O[C@H](COP(=O)(O)CP(=O)(O)O[C@H]2O[C@@H](n3cnc4c(N)ncnc43)[C@@H](OC)C2OC)[C@@H]1OC. The van der Waals surface area contributed by atoms with Gasteiger partial charge in [-0.05, 0) is 0 Å². The monoisotopic (exact) mass is 773 g/mol. The van der Waals surface area contributed by atoms with Crippen LogP contribution in [0, 0.1) is 0 Å². The molecule has 0 radical (unpaired) electrons. The molecule has 0 bridgehead atoms. The van der Waals surface area contributed by atoms with Crippen molar-refractivity contribution < 1.29 is 85.3 Å². The van der Waals surface area contributed by atoms with Crippen LogP contribution in [-0.2, 0) is 70.4 Å². The van der Waals surface area contributed by atoms with Gasteiger partial charge in [0.15, 0.2) is 54.3 Å². The van der Waals surface area contributed by atoms with E-state index in [1.807, 2.05) is 0 Å². The summed E-state index contributed by atoms with van der Waals surface area (Å²) in [7, 11) is -1.54. The summed E-state index contributed by atoms with van der Waals surface area (Å²) in [5.41, 5.74) is 6.43. The van der Waals surface area contributed by atoms with Crippen molar-refractivity contribution in [3.63, 3.8) is 0 Å². The molecule has 0 aromatic carbocycles. The summed E-state index contributed by atoms with van der Waals surface area (Å²) in [4.78, 5) is 55.8. The molecule has 5 rings (SSSR count). The summed E-state index contributed by atoms with van der Waals surface area (Å²) in [6.45, 7) is -0.852. The number of aliphatic hydroxyl groups is 1. The number of hydrogen-bond donors (Lipinski definition) is 4. The summed E-state index contributed by atoms with van der Waals surface area (Å²) >= 11 is 0. The van der Waals surface area contributed by atoms with Crippen LogP contribution in [0.1, 0.15) is 6.23 Å². The fourth-order valence-corrected chi connectivity index (χ4v) is 8.90. The Morgan fingerprint density at radius 2 is 1.37 bits per heavy atom. The zero-order valence-corrected chi connectivity index (χ0v) is 30.1. The Hall–Kier alpha value is -2.73. The lowest BCUT2D eigenvalue weighted by atomic mass is 10.1. The van der Waals surface area contributed by atoms with Gasteiger partial charge < -0.3 is 67.8 Å². The molecule has 3 aliphatic rings. The van der Waals surface area contributed by atoms with Gasteiger partial charge in [-0.3, -0.25) is 18.2 Å². The summed E-state index contributed by atoms with van der Waals surface area (Å²) < 4.78 is 83.8. The third-order valence-corrected chi connectivity index (χ3v) is 11.9. The zero-order chi connectivity index (χ0) is 37.7. The Morgan fingerprint density at radius 1 is 0.804 bits per heavy atom. The number of methoxy groups -OCH3 is 6. The van der Waals surface area contributed by atoms with Gasteiger partial charge >= 0.3 is 27.1 Å². The Bertz CT molecular complexity index is 1600. The number of nitrogens with two attached hydrogens (primary N) is 1. The number of nitrogens with zero attached hydrogens (tertiary/aromatic N) is 4. The second-order valence-electron chi connectivity index (χ2n) is 11.0. The van der Waals surface area contributed by atoms with Crippen LogP contribution in [0.4, 0.5) is 5.82 Å². The molecule has 5 N–H and O–H groups in total. The average molecular weight is 774 g/mol. The van der Waals surface area contributed by atoms with Gasteiger partial charge in [-0.25, -0.2) is 24.5 Å². The van der Waals surface area contributed by atoms with Crippen molar-refractivity contribution in [1.82, 2.24) is 19.5 Å². The number of anilines is 1. The molecule has 3 fully saturated rings. The van der Waals surface area contributed by atoms with Gasteiger partial charge in [-0.15, -0.1) is 0 Å². The van der Waals surface area contributed by atoms with E-state index in [0.717, 1.165) is 0 Å². The summed E-state index contributed by atoms with van der Waals surface area (Å²) in [6.07, 6.45) is -6.76. The number of nitrogen functional groups attached to an aromatic ring is 1. The molecule has 51 heavy (non-hydrogen) atoms. The minimum Gasteiger partial charge on any atom is -0.455 e. The van der Waals surface area contributed by atoms with E-state index in [0.29, 0.717) is 11.2 Å². The molecule has 0 amide bonds. The van der Waals surface area contributed by atoms with Gasteiger partial charge in [0.1, 0.15) is 36.3 Å². The molecule has 2 aromatic heterocycles. The molecule has 2 aromatic rings. The number of cyclic esters (lactones) is 2. The van der Waals surface area contributed by atoms with Crippen molar-refractivity contribution >= 4 is 44.1 Å². The van der Waals surface area contributed by atoms with Crippen molar-refractivity contribution in [2.24, 2.45) is 0 Å². The van der Waals surface area contributed by atoms with E-state index >= 15 is 0 Å². The zero-order valence-electron chi connectivity index (χ0n) is 28.3. The molecular formula is C26H41N5O18P2. The molecule has 0 aliphatic carbocycles. The number of ether oxygens (including phenoxy) is 9. The number of carbonyl (C=O) groups excluding carboxylic acids is 2. The molecule has 3 aliphatic heterocycles. The maximum absolute atomic E-state index is 12.9. The first kappa shape index (κ1) is 41.0. The maximum Gasteiger partial charge on any atom is 0.342 e. The van der Waals surface area contributed by atoms with E-state index in [4.69, 9.17) is 62.5 Å². The number of carbonyl (C=O) groups is 2. The first-order chi connectivity index (χ1) is 24.2. The highest BCUT2D eigenvalue weighted by molar-refractivity contribution is 7.70. The van der Waals surface area contributed by atoms with Crippen LogP contribution in [0.3, 0.4) is 0 Å². The lowest BCUT2D eigenvalue weighted by Crippen LogP contribution is -2.36. The van der Waals surface area contributed by atoms with E-state index in [1.165, 1.54) is 59.9 Å². The summed E-state index contributed by atoms with van der Waals surface area (Å²) in [5, 5.41) is 8.79. The molecule has 23 nitrogen and oxygen atoms in total. The Kier molecular flexibility index (Phi) is 14.0. The summed E-state index contributed by atoms with van der Waals surface area (Å²) in [6, 6.07) is 0. The van der Waals surface area contributed by atoms with Crippen LogP contribution in [-0.4, -0.2) is 163 Å². The van der Waals surface area contributed by atoms with E-state index in [-0.39, 0.29) is 12.4 Å². The van der Waals surface area contributed by atoms with Crippen LogP contribution < -0.4 is 5.73 Å². The normalized spacial score (nSPS) is 33.0. The lowest BCUT2D eigenvalue weighted by Gasteiger charge is -2.24. The number of aliphatic hydroxyl groups excluding tert-OH is 1. The molecule has 0 saturated carbocycles. The third kappa shape index (κ3) is 9.08. The largest absolute Gasteiger partial charge is 0.455 e. The number of imidazole rings is 1. The number of rotatable bonds is 15. The van der Waals surface area contributed by atoms with Crippen molar-refractivity contribution in [3.05, 3.63) is 12.7 Å². The van der Waals surface area contributed by atoms with Crippen molar-refractivity contribution in [1.29, 1.82) is 0 Å². The molecule has 288 valence electrons. The number of fused-ring (bicyclic) bond motifs is 1. The van der Waals surface area contributed by atoms with Gasteiger partial charge in [0.05, 0.1) is 19.5 Å². The van der Waals surface area contributed by atoms with Gasteiger partial charge in [-0.1, -0.05) is 0 Å². The van der Waals surface area contributed by atoms with E-state index < -0.39 is 101 Å². The predicted molar refractivity (Wildman–Crippen MR) is 167 cm³/mol. The van der Waals surface area contributed by atoms with Gasteiger partial charge in [0.25, 0.3) is 0 Å². The molecule has 3 saturated heterocycles. The van der Waals surface area contributed by atoms with Crippen molar-refractivity contribution in [3.8, 4) is 0 Å². The van der Waals surface area contributed by atoms with Gasteiger partial charge in [0, 0.05) is 42.7 Å². The smallest absolute Gasteiger partial charge is 0.342 e. The number of esters is 2. The predicted octanol–water partition coefficient (Wildman–Crippen LogP) is -1.46. The first-order valence-electron chi connectivity index (χ1n) is 14.9. The van der Waals surface area contributed by atoms with E-state index in [2.05, 4.69) is 15.0 Å². The topological polar surface area (TPSA) is 300 Å². The Balaban J connectivity index is 0.000000411. The molecule has 5 heterocycles. The van der Waals surface area contributed by atoms with Crippen LogP contribution in [0.15, 0.2) is 12.7 Å². The number of hydrogen-bond acceptors (Lipinski definition) is 20. The lowest BCUT2D eigenvalue weighted by molar-refractivity contribution is -0.150. The van der Waals surface area contributed by atoms with E-state index in [1.54, 1.807) is 0 Å². The Morgan fingerprint density at radius 3 is 1.92 bits per heavy atom. The third-order valence-electron chi connectivity index (χ3n) is 7.98. The molecule has 5 unspecified atom stereocenters. The van der Waals surface area contributed by atoms with Gasteiger partial charge in [0.2, 0.25) is 0 Å². The van der Waals surface area contributed by atoms with Crippen molar-refractivity contribution in [2.75, 3.05) is 67.5 Å². The molecule has 12 atom stereocenters. The highest BCUT2D eigenvalue weighted by Gasteiger charge is 2.52. The van der Waals surface area contributed by atoms with Crippen LogP contribution in [0.2, 0.25) is 0 Å². The second kappa shape index (κ2) is 17.4. The summed E-state index contributed by atoms with van der Waals surface area (Å²) in [5.74, 6) is -2.40. The first-order valence-corrected chi connectivity index (χ1v) is 18.5. The van der Waals surface area contributed by atoms with Crippen LogP contribution in [0.25, 0.3) is 11.2 Å². The van der Waals surface area contributed by atoms with Crippen molar-refractivity contribution in [2.45, 2.75) is 61.3 Å². The van der Waals surface area contributed by atoms with Gasteiger partial charge in [-0.2, -0.15) is 0 Å². The standard InChI is InChI=1S/C19H29N5O13P2.C7H12O5/c1-30-11-9(35-18(25)13(11)32-3)5-34-38(26,27)8-39(28,29)37-19-14(33-4)12(31-2)17(36-19)24-7-23-10-15(20)21-6-22-16(10)24;1-10-5-4(3-8)12-7(9)6(5)11-2/h6-7,9,11-14,17,19H,5,8H2,1-4H3,(H,26,27)(H,28,29)(H2,20,21,22);4-6,8H,3H2,1-2H3/t9-,11+,12+,13?,14?,17-,19-;4-,5+,6?/m11/s1. The maximum atomic E-state index is 12.9.